The summed E-state index contributed by atoms with van der Waals surface area (Å²) >= 11 is 4.11. The zero-order valence-corrected chi connectivity index (χ0v) is 7.29. The van der Waals surface area contributed by atoms with Gasteiger partial charge in [-0.1, -0.05) is 0 Å². The molecule has 1 heterocycles. The first kappa shape index (κ1) is 9.63. The van der Waals surface area contributed by atoms with Crippen LogP contribution in [0, 0.1) is 0 Å². The van der Waals surface area contributed by atoms with Crippen molar-refractivity contribution in [2.45, 2.75) is 19.8 Å². The average Bonchev–Trinajstić information content (AvgIpc) is 2.00. The molecule has 0 N–H and O–H groups in total. The lowest BCUT2D eigenvalue weighted by atomic mass is 10.2. The molecule has 0 amide bonds. The van der Waals surface area contributed by atoms with Crippen molar-refractivity contribution in [1.29, 1.82) is 0 Å². The van der Waals surface area contributed by atoms with Crippen molar-refractivity contribution in [2.24, 2.45) is 0 Å². The standard InChI is InChI=1S/C6H10OS.C2H4/c1-5-3-2-4-7-6(5)8;1-2/h8H,2-4H2,1H3;1-2H2. The van der Waals surface area contributed by atoms with Crippen LogP contribution in [0.15, 0.2) is 23.8 Å². The lowest BCUT2D eigenvalue weighted by Crippen LogP contribution is -2.00. The van der Waals surface area contributed by atoms with E-state index in [1.165, 1.54) is 5.57 Å². The van der Waals surface area contributed by atoms with E-state index in [9.17, 15) is 0 Å². The second-order valence-electron chi connectivity index (χ2n) is 2.04. The van der Waals surface area contributed by atoms with Gasteiger partial charge in [-0.15, -0.1) is 25.8 Å². The van der Waals surface area contributed by atoms with Crippen molar-refractivity contribution >= 4 is 12.6 Å². The quantitative estimate of drug-likeness (QED) is 0.421. The fourth-order valence-electron chi connectivity index (χ4n) is 0.736. The molecule has 0 saturated carbocycles. The van der Waals surface area contributed by atoms with Gasteiger partial charge in [0, 0.05) is 0 Å². The molecule has 0 aromatic carbocycles. The summed E-state index contributed by atoms with van der Waals surface area (Å²) in [6, 6.07) is 0. The molecule has 0 aliphatic carbocycles. The molecule has 0 fully saturated rings. The third kappa shape index (κ3) is 2.97. The first-order valence-electron chi connectivity index (χ1n) is 3.32. The van der Waals surface area contributed by atoms with E-state index in [0.29, 0.717) is 0 Å². The van der Waals surface area contributed by atoms with Crippen LogP contribution in [0.1, 0.15) is 19.8 Å². The Morgan fingerprint density at radius 1 is 1.50 bits per heavy atom. The summed E-state index contributed by atoms with van der Waals surface area (Å²) in [5.74, 6) is 0. The minimum atomic E-state index is 0.830. The van der Waals surface area contributed by atoms with Crippen molar-refractivity contribution in [3.05, 3.63) is 23.8 Å². The second kappa shape index (κ2) is 5.42. The maximum Gasteiger partial charge on any atom is 0.149 e. The normalized spacial score (nSPS) is 17.0. The molecule has 58 valence electrons. The second-order valence-corrected chi connectivity index (χ2v) is 2.44. The highest BCUT2D eigenvalue weighted by Gasteiger charge is 2.04. The molecule has 2 heteroatoms. The Labute approximate surface area is 68.2 Å². The monoisotopic (exact) mass is 158 g/mol. The maximum atomic E-state index is 5.13. The zero-order chi connectivity index (χ0) is 7.98. The number of rotatable bonds is 0. The van der Waals surface area contributed by atoms with E-state index < -0.39 is 0 Å². The van der Waals surface area contributed by atoms with Crippen LogP contribution in [0.5, 0.6) is 0 Å². The van der Waals surface area contributed by atoms with Gasteiger partial charge in [-0.25, -0.2) is 0 Å². The van der Waals surface area contributed by atoms with Crippen molar-refractivity contribution < 1.29 is 4.74 Å². The highest BCUT2D eigenvalue weighted by molar-refractivity contribution is 7.84. The van der Waals surface area contributed by atoms with Crippen molar-refractivity contribution in [3.63, 3.8) is 0 Å². The fraction of sp³-hybridized carbons (Fsp3) is 0.500. The van der Waals surface area contributed by atoms with Crippen molar-refractivity contribution in [2.75, 3.05) is 6.61 Å². The van der Waals surface area contributed by atoms with Crippen LogP contribution in [-0.4, -0.2) is 6.61 Å². The molecule has 0 unspecified atom stereocenters. The van der Waals surface area contributed by atoms with Gasteiger partial charge < -0.3 is 4.74 Å². The summed E-state index contributed by atoms with van der Waals surface area (Å²) in [4.78, 5) is 0. The maximum absolute atomic E-state index is 5.13. The molecule has 1 rings (SSSR count). The van der Waals surface area contributed by atoms with Crippen LogP contribution >= 0.6 is 12.6 Å². The van der Waals surface area contributed by atoms with Gasteiger partial charge in [0.25, 0.3) is 0 Å². The largest absolute Gasteiger partial charge is 0.488 e. The van der Waals surface area contributed by atoms with Gasteiger partial charge in [0.1, 0.15) is 5.09 Å². The van der Waals surface area contributed by atoms with Gasteiger partial charge in [0.15, 0.2) is 0 Å². The first-order valence-corrected chi connectivity index (χ1v) is 3.77. The Hall–Kier alpha value is -0.370. The highest BCUT2D eigenvalue weighted by atomic mass is 32.1. The number of hydrogen-bond acceptors (Lipinski definition) is 2. The van der Waals surface area contributed by atoms with E-state index in [0.717, 1.165) is 24.5 Å². The third-order valence-corrected chi connectivity index (χ3v) is 1.81. The van der Waals surface area contributed by atoms with Gasteiger partial charge in [-0.05, 0) is 25.3 Å². The molecule has 0 saturated heterocycles. The molecular formula is C8H14OS. The van der Waals surface area contributed by atoms with Gasteiger partial charge in [-0.2, -0.15) is 0 Å². The Balaban J connectivity index is 0.000000371. The summed E-state index contributed by atoms with van der Waals surface area (Å²) in [6.45, 7) is 8.90. The zero-order valence-electron chi connectivity index (χ0n) is 6.39. The average molecular weight is 158 g/mol. The smallest absolute Gasteiger partial charge is 0.149 e. The van der Waals surface area contributed by atoms with Gasteiger partial charge in [-0.3, -0.25) is 0 Å². The lowest BCUT2D eigenvalue weighted by molar-refractivity contribution is 0.215. The molecule has 0 radical (unpaired) electrons. The molecule has 0 aromatic rings. The molecule has 0 bridgehead atoms. The molecule has 0 aromatic heterocycles. The van der Waals surface area contributed by atoms with E-state index in [4.69, 9.17) is 4.74 Å². The predicted octanol–water partition coefficient (Wildman–Crippen LogP) is 2.76. The number of hydrogen-bond donors (Lipinski definition) is 1. The minimum absolute atomic E-state index is 0.830. The number of ether oxygens (including phenoxy) is 1. The molecule has 0 atom stereocenters. The summed E-state index contributed by atoms with van der Waals surface area (Å²) in [5, 5.41) is 0.830. The van der Waals surface area contributed by atoms with E-state index in [2.05, 4.69) is 32.7 Å². The van der Waals surface area contributed by atoms with Crippen LogP contribution in [0.2, 0.25) is 0 Å². The summed E-state index contributed by atoms with van der Waals surface area (Å²) in [7, 11) is 0. The van der Waals surface area contributed by atoms with E-state index in [-0.39, 0.29) is 0 Å². The SMILES string of the molecule is C=C.CC1=C(S)OCCC1. The number of allylic oxidation sites excluding steroid dienone is 1. The minimum Gasteiger partial charge on any atom is -0.488 e. The highest BCUT2D eigenvalue weighted by Crippen LogP contribution is 2.20. The van der Waals surface area contributed by atoms with E-state index in [1.54, 1.807) is 0 Å². The molecule has 0 spiro atoms. The first-order chi connectivity index (χ1) is 4.80. The van der Waals surface area contributed by atoms with Crippen LogP contribution in [0.3, 0.4) is 0 Å². The molecule has 1 aliphatic heterocycles. The molecular weight excluding hydrogens is 144 g/mol. The van der Waals surface area contributed by atoms with Gasteiger partial charge >= 0.3 is 0 Å². The van der Waals surface area contributed by atoms with E-state index >= 15 is 0 Å². The van der Waals surface area contributed by atoms with Crippen LogP contribution < -0.4 is 0 Å². The molecule has 10 heavy (non-hydrogen) atoms. The Kier molecular flexibility index (Phi) is 5.22. The Morgan fingerprint density at radius 3 is 2.40 bits per heavy atom. The van der Waals surface area contributed by atoms with Crippen molar-refractivity contribution in [1.82, 2.24) is 0 Å². The number of thiol groups is 1. The Morgan fingerprint density at radius 2 is 2.10 bits per heavy atom. The summed E-state index contributed by atoms with van der Waals surface area (Å²) in [6.07, 6.45) is 2.30. The van der Waals surface area contributed by atoms with E-state index in [1.807, 2.05) is 0 Å². The summed E-state index contributed by atoms with van der Waals surface area (Å²) in [5.41, 5.74) is 1.28. The van der Waals surface area contributed by atoms with Gasteiger partial charge in [0.05, 0.1) is 6.61 Å². The topological polar surface area (TPSA) is 9.23 Å². The molecule has 1 nitrogen and oxygen atoms in total. The van der Waals surface area contributed by atoms with Crippen molar-refractivity contribution in [3.8, 4) is 0 Å². The fourth-order valence-corrected chi connectivity index (χ4v) is 0.939. The van der Waals surface area contributed by atoms with Crippen LogP contribution in [0.4, 0.5) is 0 Å². The van der Waals surface area contributed by atoms with Crippen LogP contribution in [0.25, 0.3) is 0 Å². The van der Waals surface area contributed by atoms with Gasteiger partial charge in [0.2, 0.25) is 0 Å². The Bertz CT molecular complexity index is 115. The lowest BCUT2D eigenvalue weighted by Gasteiger charge is -2.13. The molecule has 1 aliphatic rings. The summed E-state index contributed by atoms with van der Waals surface area (Å²) < 4.78 is 5.13. The third-order valence-electron chi connectivity index (χ3n) is 1.30. The van der Waals surface area contributed by atoms with Crippen LogP contribution in [-0.2, 0) is 4.74 Å². The predicted molar refractivity (Wildman–Crippen MR) is 48.1 cm³/mol.